The quantitative estimate of drug-likeness (QED) is 0.262. The van der Waals surface area contributed by atoms with Crippen molar-refractivity contribution >= 4 is 29.1 Å². The number of halogens is 1. The Kier molecular flexibility index (Phi) is 7.62. The minimum atomic E-state index is 0.101. The molecule has 0 bridgehead atoms. The van der Waals surface area contributed by atoms with Gasteiger partial charge in [-0.25, -0.2) is 0 Å². The van der Waals surface area contributed by atoms with Crippen LogP contribution < -0.4 is 0 Å². The van der Waals surface area contributed by atoms with Crippen LogP contribution in [0.5, 0.6) is 0 Å². The number of Topliss-reactive ketones (excluding diaryl/α,β-unsaturated/α-hetero) is 1. The predicted molar refractivity (Wildman–Crippen MR) is 134 cm³/mol. The average molecular weight is 487 g/mol. The summed E-state index contributed by atoms with van der Waals surface area (Å²) in [5, 5.41) is 10.4. The van der Waals surface area contributed by atoms with Crippen LogP contribution in [0.2, 0.25) is 5.02 Å². The maximum Gasteiger partial charge on any atom is 0.192 e. The van der Waals surface area contributed by atoms with E-state index in [0.717, 1.165) is 46.3 Å². The van der Waals surface area contributed by atoms with Crippen molar-refractivity contribution in [3.05, 3.63) is 52.3 Å². The number of hydrogen-bond acceptors (Lipinski definition) is 5. The van der Waals surface area contributed by atoms with Crippen LogP contribution in [0.15, 0.2) is 35.5 Å². The zero-order chi connectivity index (χ0) is 23.5. The number of nitrogens with zero attached hydrogens (tertiary/aromatic N) is 4. The van der Waals surface area contributed by atoms with Gasteiger partial charge in [0.25, 0.3) is 0 Å². The normalized spacial score (nSPS) is 15.3. The highest BCUT2D eigenvalue weighted by Gasteiger charge is 2.27. The van der Waals surface area contributed by atoms with Crippen molar-refractivity contribution in [2.75, 3.05) is 19.5 Å². The Balaban J connectivity index is 1.59. The lowest BCUT2D eigenvalue weighted by Crippen LogP contribution is -2.15. The van der Waals surface area contributed by atoms with Gasteiger partial charge in [0.1, 0.15) is 0 Å². The highest BCUT2D eigenvalue weighted by Crippen LogP contribution is 2.38. The molecule has 2 aromatic heterocycles. The Morgan fingerprint density at radius 2 is 1.97 bits per heavy atom. The minimum absolute atomic E-state index is 0.101. The van der Waals surface area contributed by atoms with Crippen molar-refractivity contribution in [3.63, 3.8) is 0 Å². The molecule has 1 fully saturated rings. The van der Waals surface area contributed by atoms with Gasteiger partial charge < -0.3 is 9.30 Å². The highest BCUT2D eigenvalue weighted by atomic mass is 35.5. The molecule has 1 aliphatic carbocycles. The van der Waals surface area contributed by atoms with Gasteiger partial charge in [0.05, 0.1) is 23.4 Å². The van der Waals surface area contributed by atoms with Crippen molar-refractivity contribution < 1.29 is 9.53 Å². The van der Waals surface area contributed by atoms with Gasteiger partial charge in [-0.05, 0) is 51.8 Å². The van der Waals surface area contributed by atoms with Crippen molar-refractivity contribution in [1.29, 1.82) is 0 Å². The molecular formula is C25H31ClN4O2S. The van der Waals surface area contributed by atoms with Crippen molar-refractivity contribution in [2.24, 2.45) is 0 Å². The van der Waals surface area contributed by atoms with E-state index in [9.17, 15) is 4.79 Å². The molecule has 0 aliphatic heterocycles. The van der Waals surface area contributed by atoms with Gasteiger partial charge in [0, 0.05) is 35.7 Å². The smallest absolute Gasteiger partial charge is 0.192 e. The molecule has 6 nitrogen and oxygen atoms in total. The van der Waals surface area contributed by atoms with E-state index in [2.05, 4.69) is 26.3 Å². The molecule has 2 heterocycles. The molecule has 1 aliphatic rings. The molecule has 3 aromatic rings. The number of thioether (sulfide) groups is 1. The number of aromatic nitrogens is 4. The molecule has 0 amide bonds. The number of aryl methyl sites for hydroxylation is 1. The Hall–Kier alpha value is -2.09. The first kappa shape index (κ1) is 24.0. The van der Waals surface area contributed by atoms with E-state index in [1.807, 2.05) is 44.2 Å². The van der Waals surface area contributed by atoms with E-state index >= 15 is 0 Å². The number of ketones is 1. The number of hydrogen-bond donors (Lipinski definition) is 0. The molecule has 1 unspecified atom stereocenters. The van der Waals surface area contributed by atoms with E-state index in [-0.39, 0.29) is 11.8 Å². The number of ether oxygens (including phenoxy) is 1. The van der Waals surface area contributed by atoms with Gasteiger partial charge in [-0.15, -0.1) is 10.2 Å². The van der Waals surface area contributed by atoms with Crippen LogP contribution in [-0.2, 0) is 4.74 Å². The maximum absolute atomic E-state index is 13.2. The Morgan fingerprint density at radius 3 is 2.67 bits per heavy atom. The third-order valence-corrected chi connectivity index (χ3v) is 7.71. The molecule has 0 N–H and O–H groups in total. The van der Waals surface area contributed by atoms with Crippen molar-refractivity contribution in [3.8, 4) is 11.4 Å². The molecule has 1 saturated carbocycles. The summed E-state index contributed by atoms with van der Waals surface area (Å²) < 4.78 is 9.70. The second-order valence-electron chi connectivity index (χ2n) is 8.77. The lowest BCUT2D eigenvalue weighted by molar-refractivity contribution is 0.102. The zero-order valence-corrected chi connectivity index (χ0v) is 21.2. The third kappa shape index (κ3) is 4.91. The molecule has 1 atom stereocenters. The third-order valence-electron chi connectivity index (χ3n) is 6.43. The first-order valence-corrected chi connectivity index (χ1v) is 12.8. The SMILES string of the molecule is COCC(C)n1c(C)cc(C(=O)CSc2nnc(-c3ccccc3Cl)n2C2CCCC2)c1C. The molecule has 0 radical (unpaired) electrons. The summed E-state index contributed by atoms with van der Waals surface area (Å²) in [5.74, 6) is 1.20. The van der Waals surface area contributed by atoms with Crippen LogP contribution in [0.3, 0.4) is 0 Å². The molecule has 8 heteroatoms. The molecule has 1 aromatic carbocycles. The van der Waals surface area contributed by atoms with E-state index < -0.39 is 0 Å². The second-order valence-corrected chi connectivity index (χ2v) is 10.1. The Labute approximate surface area is 204 Å². The molecule has 0 spiro atoms. The predicted octanol–water partition coefficient (Wildman–Crippen LogP) is 6.31. The van der Waals surface area contributed by atoms with Crippen molar-refractivity contribution in [1.82, 2.24) is 19.3 Å². The van der Waals surface area contributed by atoms with Crippen LogP contribution in [0.25, 0.3) is 11.4 Å². The van der Waals surface area contributed by atoms with Gasteiger partial charge in [0.2, 0.25) is 0 Å². The standard InChI is InChI=1S/C25H31ClN4O2S/c1-16-13-21(18(3)29(16)17(2)14-32-4)23(31)15-33-25-28-27-24(20-11-7-8-12-22(20)26)30(25)19-9-5-6-10-19/h7-8,11-13,17,19H,5-6,9-10,14-15H2,1-4H3. The van der Waals surface area contributed by atoms with Crippen LogP contribution in [0.4, 0.5) is 0 Å². The van der Waals surface area contributed by atoms with Crippen LogP contribution in [0.1, 0.15) is 66.4 Å². The number of carbonyl (C=O) groups excluding carboxylic acids is 1. The average Bonchev–Trinajstić information content (AvgIpc) is 3.51. The maximum atomic E-state index is 13.2. The zero-order valence-electron chi connectivity index (χ0n) is 19.7. The number of carbonyl (C=O) groups is 1. The summed E-state index contributed by atoms with van der Waals surface area (Å²) in [6.07, 6.45) is 4.57. The van der Waals surface area contributed by atoms with Crippen LogP contribution in [0, 0.1) is 13.8 Å². The Morgan fingerprint density at radius 1 is 1.24 bits per heavy atom. The summed E-state index contributed by atoms with van der Waals surface area (Å²) in [7, 11) is 1.70. The first-order valence-electron chi connectivity index (χ1n) is 11.5. The summed E-state index contributed by atoms with van der Waals surface area (Å²) in [4.78, 5) is 13.2. The molecule has 176 valence electrons. The van der Waals surface area contributed by atoms with E-state index in [1.165, 1.54) is 24.6 Å². The van der Waals surface area contributed by atoms with Gasteiger partial charge >= 0.3 is 0 Å². The molecule has 0 saturated heterocycles. The number of benzene rings is 1. The fourth-order valence-corrected chi connectivity index (χ4v) is 6.06. The van der Waals surface area contributed by atoms with Crippen LogP contribution >= 0.6 is 23.4 Å². The van der Waals surface area contributed by atoms with Crippen LogP contribution in [-0.4, -0.2) is 44.6 Å². The molecule has 4 rings (SSSR count). The summed E-state index contributed by atoms with van der Waals surface area (Å²) in [6, 6.07) is 10.2. The first-order chi connectivity index (χ1) is 15.9. The topological polar surface area (TPSA) is 61.9 Å². The lowest BCUT2D eigenvalue weighted by atomic mass is 10.2. The van der Waals surface area contributed by atoms with E-state index in [4.69, 9.17) is 16.3 Å². The van der Waals surface area contributed by atoms with E-state index in [0.29, 0.717) is 23.4 Å². The number of methoxy groups -OCH3 is 1. The fraction of sp³-hybridized carbons (Fsp3) is 0.480. The lowest BCUT2D eigenvalue weighted by Gasteiger charge is -2.18. The number of rotatable bonds is 9. The van der Waals surface area contributed by atoms with Gasteiger partial charge in [-0.1, -0.05) is 48.3 Å². The minimum Gasteiger partial charge on any atom is -0.383 e. The van der Waals surface area contributed by atoms with Gasteiger partial charge in [0.15, 0.2) is 16.8 Å². The highest BCUT2D eigenvalue weighted by molar-refractivity contribution is 7.99. The summed E-state index contributed by atoms with van der Waals surface area (Å²) in [6.45, 7) is 6.75. The molecule has 33 heavy (non-hydrogen) atoms. The largest absolute Gasteiger partial charge is 0.383 e. The summed E-state index contributed by atoms with van der Waals surface area (Å²) >= 11 is 7.95. The fourth-order valence-electron chi connectivity index (χ4n) is 4.95. The van der Waals surface area contributed by atoms with E-state index in [1.54, 1.807) is 7.11 Å². The molecular weight excluding hydrogens is 456 g/mol. The van der Waals surface area contributed by atoms with Gasteiger partial charge in [-0.3, -0.25) is 9.36 Å². The monoisotopic (exact) mass is 486 g/mol. The van der Waals surface area contributed by atoms with Crippen molar-refractivity contribution in [2.45, 2.75) is 63.7 Å². The summed E-state index contributed by atoms with van der Waals surface area (Å²) in [5.41, 5.74) is 3.70. The Bertz CT molecular complexity index is 1130. The van der Waals surface area contributed by atoms with Gasteiger partial charge in [-0.2, -0.15) is 0 Å². The second kappa shape index (κ2) is 10.5.